The summed E-state index contributed by atoms with van der Waals surface area (Å²) in [6, 6.07) is 55.3. The van der Waals surface area contributed by atoms with Gasteiger partial charge in [-0.25, -0.2) is 9.67 Å². The fraction of sp³-hybridized carbons (Fsp3) is 0.0714. The van der Waals surface area contributed by atoms with E-state index in [1.54, 1.807) is 4.57 Å². The van der Waals surface area contributed by atoms with Crippen LogP contribution in [0.15, 0.2) is 174 Å². The van der Waals surface area contributed by atoms with E-state index in [1.165, 1.54) is 11.8 Å². The number of hydrogen-bond donors (Lipinski definition) is 0. The van der Waals surface area contributed by atoms with Gasteiger partial charge in [0, 0.05) is 5.56 Å². The van der Waals surface area contributed by atoms with Gasteiger partial charge >= 0.3 is 0 Å². The number of thioether (sulfide) groups is 1. The van der Waals surface area contributed by atoms with Gasteiger partial charge in [-0.15, -0.1) is 5.10 Å². The van der Waals surface area contributed by atoms with E-state index in [2.05, 4.69) is 114 Å². The Morgan fingerprint density at radius 1 is 0.620 bits per heavy atom. The first kappa shape index (κ1) is 31.2. The van der Waals surface area contributed by atoms with Crippen LogP contribution < -0.4 is 5.56 Å². The molecular formula is C42H32N6OS. The quantitative estimate of drug-likeness (QED) is 0.0875. The average Bonchev–Trinajstić information content (AvgIpc) is 3.68. The van der Waals surface area contributed by atoms with Gasteiger partial charge in [0.1, 0.15) is 5.54 Å². The van der Waals surface area contributed by atoms with Crippen LogP contribution in [0.4, 0.5) is 0 Å². The van der Waals surface area contributed by atoms with Gasteiger partial charge in [0.15, 0.2) is 11.0 Å². The predicted octanol–water partition coefficient (Wildman–Crippen LogP) is 8.33. The molecule has 0 saturated heterocycles. The van der Waals surface area contributed by atoms with Crippen molar-refractivity contribution in [3.05, 3.63) is 196 Å². The normalized spacial score (nSPS) is 11.5. The second-order valence-corrected chi connectivity index (χ2v) is 12.7. The fourth-order valence-corrected chi connectivity index (χ4v) is 7.39. The van der Waals surface area contributed by atoms with Crippen molar-refractivity contribution in [1.29, 1.82) is 0 Å². The zero-order valence-corrected chi connectivity index (χ0v) is 28.1. The molecule has 0 fully saturated rings. The van der Waals surface area contributed by atoms with E-state index in [9.17, 15) is 4.79 Å². The second-order valence-electron chi connectivity index (χ2n) is 12.0. The van der Waals surface area contributed by atoms with Crippen LogP contribution in [0.25, 0.3) is 33.4 Å². The van der Waals surface area contributed by atoms with Crippen LogP contribution in [0.3, 0.4) is 0 Å². The van der Waals surface area contributed by atoms with Gasteiger partial charge in [-0.2, -0.15) is 0 Å². The van der Waals surface area contributed by atoms with Crippen LogP contribution in [-0.2, 0) is 12.1 Å². The summed E-state index contributed by atoms with van der Waals surface area (Å²) in [6.07, 6.45) is 1.95. The van der Waals surface area contributed by atoms with Crippen LogP contribution in [-0.4, -0.2) is 36.0 Å². The highest BCUT2D eigenvalue weighted by Gasteiger charge is 2.42. The topological polar surface area (TPSA) is 78.5 Å². The van der Waals surface area contributed by atoms with E-state index in [4.69, 9.17) is 15.3 Å². The summed E-state index contributed by atoms with van der Waals surface area (Å²) in [6.45, 7) is 0.417. The maximum absolute atomic E-state index is 13.5. The van der Waals surface area contributed by atoms with Crippen molar-refractivity contribution in [1.82, 2.24) is 29.8 Å². The minimum atomic E-state index is -0.865. The van der Waals surface area contributed by atoms with Gasteiger partial charge in [-0.3, -0.25) is 9.36 Å². The molecule has 0 amide bonds. The largest absolute Gasteiger partial charge is 0.283 e. The molecule has 0 spiro atoms. The molecule has 7 nitrogen and oxygen atoms in total. The summed E-state index contributed by atoms with van der Waals surface area (Å²) < 4.78 is 3.71. The maximum atomic E-state index is 13.5. The van der Waals surface area contributed by atoms with Crippen molar-refractivity contribution in [2.45, 2.75) is 17.2 Å². The number of rotatable bonds is 9. The van der Waals surface area contributed by atoms with Gasteiger partial charge in [0.05, 0.1) is 17.4 Å². The van der Waals surface area contributed by atoms with Crippen molar-refractivity contribution in [2.24, 2.45) is 0 Å². The lowest BCUT2D eigenvalue weighted by atomic mass is 9.77. The molecule has 0 unspecified atom stereocenters. The third-order valence-electron chi connectivity index (χ3n) is 9.14. The molecule has 0 atom stereocenters. The highest BCUT2D eigenvalue weighted by molar-refractivity contribution is 7.98. The molecule has 6 aromatic carbocycles. The van der Waals surface area contributed by atoms with Gasteiger partial charge in [-0.05, 0) is 62.2 Å². The molecule has 0 radical (unpaired) electrons. The molecule has 242 valence electrons. The molecule has 50 heavy (non-hydrogen) atoms. The monoisotopic (exact) mass is 668 g/mol. The summed E-state index contributed by atoms with van der Waals surface area (Å²) in [7, 11) is 0. The van der Waals surface area contributed by atoms with E-state index in [0.717, 1.165) is 38.9 Å². The Labute approximate surface area is 293 Å². The Hall–Kier alpha value is -6.12. The lowest BCUT2D eigenvalue weighted by Gasteiger charge is -2.36. The highest BCUT2D eigenvalue weighted by Crippen LogP contribution is 2.43. The zero-order chi connectivity index (χ0) is 33.9. The average molecular weight is 669 g/mol. The maximum Gasteiger partial charge on any atom is 0.262 e. The summed E-state index contributed by atoms with van der Waals surface area (Å²) in [5.74, 6) is 0.639. The lowest BCUT2D eigenvalue weighted by molar-refractivity contribution is 0.451. The van der Waals surface area contributed by atoms with E-state index >= 15 is 0 Å². The van der Waals surface area contributed by atoms with E-state index in [1.807, 2.05) is 65.5 Å². The van der Waals surface area contributed by atoms with Crippen molar-refractivity contribution in [3.8, 4) is 22.5 Å². The Bertz CT molecular complexity index is 2360. The zero-order valence-electron chi connectivity index (χ0n) is 27.3. The molecule has 2 heterocycles. The van der Waals surface area contributed by atoms with Crippen molar-refractivity contribution < 1.29 is 0 Å². The van der Waals surface area contributed by atoms with Crippen LogP contribution in [0.5, 0.6) is 0 Å². The Balaban J connectivity index is 1.24. The number of fused-ring (bicyclic) bond motifs is 1. The fourth-order valence-electron chi connectivity index (χ4n) is 6.83. The third-order valence-corrected chi connectivity index (χ3v) is 9.82. The number of benzene rings is 6. The third kappa shape index (κ3) is 5.40. The lowest BCUT2D eigenvalue weighted by Crippen LogP contribution is -2.39. The summed E-state index contributed by atoms with van der Waals surface area (Å²) >= 11 is 1.47. The molecule has 8 rings (SSSR count). The summed E-state index contributed by atoms with van der Waals surface area (Å²) in [4.78, 5) is 18.2. The standard InChI is InChI=1S/C42H32N6OS/c1-50-41-43-38-24-14-13-23-37(38)40(49)47(41)29-30-25-27-31(28-26-30)35-21-11-12-22-36(35)39-44-45-46-48(39)42(32-15-5-2-6-16-32,33-17-7-3-8-18-33)34-19-9-4-10-20-34/h2-28H,29H2,1H3. The van der Waals surface area contributed by atoms with Crippen LogP contribution in [0.2, 0.25) is 0 Å². The molecule has 0 aliphatic carbocycles. The first-order valence-electron chi connectivity index (χ1n) is 16.4. The molecule has 8 heteroatoms. The van der Waals surface area contributed by atoms with Crippen LogP contribution >= 0.6 is 11.8 Å². The van der Waals surface area contributed by atoms with E-state index < -0.39 is 5.54 Å². The molecule has 0 aliphatic heterocycles. The molecule has 0 aliphatic rings. The Morgan fingerprint density at radius 3 is 1.76 bits per heavy atom. The molecule has 0 bridgehead atoms. The number of tetrazole rings is 1. The van der Waals surface area contributed by atoms with Crippen molar-refractivity contribution >= 4 is 22.7 Å². The van der Waals surface area contributed by atoms with Crippen molar-refractivity contribution in [3.63, 3.8) is 0 Å². The number of nitrogens with zero attached hydrogens (tertiary/aromatic N) is 6. The summed E-state index contributed by atoms with van der Waals surface area (Å²) in [5.41, 5.74) is 6.82. The number of para-hydroxylation sites is 1. The van der Waals surface area contributed by atoms with Crippen molar-refractivity contribution in [2.75, 3.05) is 6.26 Å². The second kappa shape index (κ2) is 13.4. The van der Waals surface area contributed by atoms with Crippen LogP contribution in [0.1, 0.15) is 22.3 Å². The first-order chi connectivity index (χ1) is 24.7. The van der Waals surface area contributed by atoms with Crippen LogP contribution in [0, 0.1) is 0 Å². The number of hydrogen-bond acceptors (Lipinski definition) is 6. The molecule has 0 N–H and O–H groups in total. The van der Waals surface area contributed by atoms with Gasteiger partial charge < -0.3 is 0 Å². The highest BCUT2D eigenvalue weighted by atomic mass is 32.2. The summed E-state index contributed by atoms with van der Waals surface area (Å²) in [5, 5.41) is 15.1. The first-order valence-corrected chi connectivity index (χ1v) is 17.6. The smallest absolute Gasteiger partial charge is 0.262 e. The Morgan fingerprint density at radius 2 is 1.16 bits per heavy atom. The minimum absolute atomic E-state index is 0.0417. The Kier molecular flexibility index (Phi) is 8.36. The van der Waals surface area contributed by atoms with E-state index in [-0.39, 0.29) is 5.56 Å². The van der Waals surface area contributed by atoms with Gasteiger partial charge in [0.25, 0.3) is 5.56 Å². The molecule has 2 aromatic heterocycles. The predicted molar refractivity (Wildman–Crippen MR) is 200 cm³/mol. The van der Waals surface area contributed by atoms with Gasteiger partial charge in [0.2, 0.25) is 0 Å². The molecular weight excluding hydrogens is 637 g/mol. The van der Waals surface area contributed by atoms with Gasteiger partial charge in [-0.1, -0.05) is 163 Å². The minimum Gasteiger partial charge on any atom is -0.283 e. The molecule has 8 aromatic rings. The molecule has 0 saturated carbocycles. The SMILES string of the molecule is CSc1nc2ccccc2c(=O)n1Cc1ccc(-c2ccccc2-c2nnnn2C(c2ccccc2)(c2ccccc2)c2ccccc2)cc1. The number of aromatic nitrogens is 6. The van der Waals surface area contributed by atoms with E-state index in [0.29, 0.717) is 28.4 Å².